The predicted molar refractivity (Wildman–Crippen MR) is 112 cm³/mol. The lowest BCUT2D eigenvalue weighted by Crippen LogP contribution is -2.11. The summed E-state index contributed by atoms with van der Waals surface area (Å²) in [5.74, 6) is -0.783. The first-order valence-corrected chi connectivity index (χ1v) is 9.96. The van der Waals surface area contributed by atoms with Crippen LogP contribution in [-0.4, -0.2) is 26.8 Å². The summed E-state index contributed by atoms with van der Waals surface area (Å²) in [6.45, 7) is 0. The highest BCUT2D eigenvalue weighted by molar-refractivity contribution is 9.10. The first-order chi connectivity index (χ1) is 12.9. The largest absolute Gasteiger partial charge is 0.481 e. The number of nitrogens with one attached hydrogen (secondary N) is 2. The van der Waals surface area contributed by atoms with Crippen molar-refractivity contribution in [3.05, 3.63) is 50.8 Å². The van der Waals surface area contributed by atoms with Gasteiger partial charge in [-0.15, -0.1) is 0 Å². The molecule has 0 saturated carbocycles. The first kappa shape index (κ1) is 18.1. The Bertz CT molecular complexity index is 1020. The minimum absolute atomic E-state index is 0.0139. The minimum atomic E-state index is -0.875. The van der Waals surface area contributed by atoms with E-state index in [2.05, 4.69) is 26.2 Å². The number of aromatic nitrogens is 1. The molecule has 138 valence electrons. The third-order valence-corrected chi connectivity index (χ3v) is 5.78. The number of carbonyl (C=O) groups is 2. The number of aromatic amines is 1. The number of benzene rings is 1. The number of hydrogen-bond acceptors (Lipinski definition) is 3. The Kier molecular flexibility index (Phi) is 4.74. The Labute approximate surface area is 170 Å². The SMILES string of the molecule is O=C(O)CCc1c(/C=C2\C(=S)Nc3cc(Br)ccc32)[nH]c2c1C(=O)CCC2. The molecule has 2 aliphatic rings. The fourth-order valence-corrected chi connectivity index (χ4v) is 4.40. The molecule has 4 rings (SSSR count). The average Bonchev–Trinajstić information content (AvgIpc) is 3.11. The molecule has 7 heteroatoms. The molecule has 0 radical (unpaired) electrons. The zero-order valence-electron chi connectivity index (χ0n) is 14.4. The number of halogens is 1. The summed E-state index contributed by atoms with van der Waals surface area (Å²) < 4.78 is 0.959. The quantitative estimate of drug-likeness (QED) is 0.473. The van der Waals surface area contributed by atoms with E-state index in [9.17, 15) is 9.59 Å². The van der Waals surface area contributed by atoms with Gasteiger partial charge in [0.25, 0.3) is 0 Å². The molecule has 0 spiro atoms. The van der Waals surface area contributed by atoms with Crippen molar-refractivity contribution in [1.82, 2.24) is 4.98 Å². The fraction of sp³-hybridized carbons (Fsp3) is 0.250. The second-order valence-corrected chi connectivity index (χ2v) is 8.07. The number of Topliss-reactive ketones (excluding diaryl/α,β-unsaturated/α-hetero) is 1. The molecule has 0 bridgehead atoms. The standard InChI is InChI=1S/C20H17BrN2O3S/c21-10-4-5-11-13(20(27)23-15(11)8-10)9-16-12(6-7-18(25)26)19-14(22-16)2-1-3-17(19)24/h4-5,8-9,22H,1-3,6-7H2,(H,23,27)(H,25,26)/b13-9-. The van der Waals surface area contributed by atoms with Crippen molar-refractivity contribution in [3.63, 3.8) is 0 Å². The van der Waals surface area contributed by atoms with Crippen LogP contribution in [0.4, 0.5) is 5.69 Å². The molecule has 0 atom stereocenters. The summed E-state index contributed by atoms with van der Waals surface area (Å²) in [4.78, 5) is 27.5. The van der Waals surface area contributed by atoms with Crippen LogP contribution in [0.2, 0.25) is 0 Å². The maximum absolute atomic E-state index is 12.5. The van der Waals surface area contributed by atoms with Crippen LogP contribution in [0.15, 0.2) is 22.7 Å². The molecule has 27 heavy (non-hydrogen) atoms. The minimum Gasteiger partial charge on any atom is -0.481 e. The van der Waals surface area contributed by atoms with Crippen LogP contribution in [0, 0.1) is 0 Å². The Morgan fingerprint density at radius 2 is 2.15 bits per heavy atom. The number of carboxylic acid groups (broad SMARTS) is 1. The average molecular weight is 445 g/mol. The highest BCUT2D eigenvalue weighted by Gasteiger charge is 2.27. The van der Waals surface area contributed by atoms with Gasteiger partial charge in [0.15, 0.2) is 5.78 Å². The molecule has 2 heterocycles. The first-order valence-electron chi connectivity index (χ1n) is 8.75. The van der Waals surface area contributed by atoms with Crippen molar-refractivity contribution in [3.8, 4) is 0 Å². The van der Waals surface area contributed by atoms with Gasteiger partial charge in [-0.3, -0.25) is 9.59 Å². The van der Waals surface area contributed by atoms with Gasteiger partial charge in [-0.05, 0) is 43.0 Å². The number of H-pyrrole nitrogens is 1. The van der Waals surface area contributed by atoms with E-state index in [0.29, 0.717) is 23.4 Å². The molecule has 1 aromatic carbocycles. The topological polar surface area (TPSA) is 82.2 Å². The lowest BCUT2D eigenvalue weighted by Gasteiger charge is -2.11. The molecule has 1 aromatic heterocycles. The Hall–Kier alpha value is -2.25. The van der Waals surface area contributed by atoms with Gasteiger partial charge in [0.2, 0.25) is 0 Å². The number of carboxylic acids is 1. The highest BCUT2D eigenvalue weighted by atomic mass is 79.9. The maximum Gasteiger partial charge on any atom is 0.303 e. The third-order valence-electron chi connectivity index (χ3n) is 4.97. The number of hydrogen-bond donors (Lipinski definition) is 3. The molecule has 1 aliphatic carbocycles. The smallest absolute Gasteiger partial charge is 0.303 e. The molecule has 5 nitrogen and oxygen atoms in total. The van der Waals surface area contributed by atoms with E-state index < -0.39 is 5.97 Å². The van der Waals surface area contributed by atoms with E-state index in [4.69, 9.17) is 17.3 Å². The summed E-state index contributed by atoms with van der Waals surface area (Å²) in [6.07, 6.45) is 4.38. The van der Waals surface area contributed by atoms with Gasteiger partial charge in [0.05, 0.1) is 0 Å². The number of fused-ring (bicyclic) bond motifs is 2. The van der Waals surface area contributed by atoms with Crippen LogP contribution in [0.25, 0.3) is 11.6 Å². The molecular formula is C20H17BrN2O3S. The number of rotatable bonds is 4. The number of ketones is 1. The number of aliphatic carboxylic acids is 1. The van der Waals surface area contributed by atoms with E-state index in [1.54, 1.807) is 0 Å². The molecule has 0 unspecified atom stereocenters. The fourth-order valence-electron chi connectivity index (χ4n) is 3.76. The molecule has 0 saturated heterocycles. The number of carbonyl (C=O) groups excluding carboxylic acids is 1. The summed E-state index contributed by atoms with van der Waals surface area (Å²) >= 11 is 8.96. The number of aryl methyl sites for hydroxylation is 1. The van der Waals surface area contributed by atoms with Crippen molar-refractivity contribution in [1.29, 1.82) is 0 Å². The summed E-state index contributed by atoms with van der Waals surface area (Å²) in [7, 11) is 0. The summed E-state index contributed by atoms with van der Waals surface area (Å²) in [6, 6.07) is 5.91. The van der Waals surface area contributed by atoms with Crippen molar-refractivity contribution in [2.75, 3.05) is 5.32 Å². The molecule has 2 aromatic rings. The van der Waals surface area contributed by atoms with Crippen LogP contribution in [0.1, 0.15) is 52.1 Å². The Balaban J connectivity index is 1.82. The molecular weight excluding hydrogens is 428 g/mol. The van der Waals surface area contributed by atoms with Crippen LogP contribution in [0.3, 0.4) is 0 Å². The lowest BCUT2D eigenvalue weighted by molar-refractivity contribution is -0.136. The number of anilines is 1. The van der Waals surface area contributed by atoms with Crippen LogP contribution >= 0.6 is 28.1 Å². The predicted octanol–water partition coefficient (Wildman–Crippen LogP) is 4.61. The van der Waals surface area contributed by atoms with Crippen LogP contribution in [-0.2, 0) is 17.6 Å². The van der Waals surface area contributed by atoms with Gasteiger partial charge < -0.3 is 15.4 Å². The van der Waals surface area contributed by atoms with E-state index in [1.165, 1.54) is 0 Å². The van der Waals surface area contributed by atoms with Gasteiger partial charge in [0.1, 0.15) is 4.99 Å². The normalized spacial score (nSPS) is 17.0. The van der Waals surface area contributed by atoms with E-state index in [0.717, 1.165) is 51.1 Å². The van der Waals surface area contributed by atoms with Crippen LogP contribution in [0.5, 0.6) is 0 Å². The monoisotopic (exact) mass is 444 g/mol. The molecule has 0 fully saturated rings. The van der Waals surface area contributed by atoms with Gasteiger partial charge in [-0.1, -0.05) is 34.2 Å². The summed E-state index contributed by atoms with van der Waals surface area (Å²) in [5.41, 5.74) is 5.96. The summed E-state index contributed by atoms with van der Waals surface area (Å²) in [5, 5.41) is 12.3. The highest BCUT2D eigenvalue weighted by Crippen LogP contribution is 2.37. The lowest BCUT2D eigenvalue weighted by atomic mass is 9.91. The maximum atomic E-state index is 12.5. The van der Waals surface area contributed by atoms with Crippen molar-refractivity contribution in [2.24, 2.45) is 0 Å². The number of thiocarbonyl (C=S) groups is 1. The van der Waals surface area contributed by atoms with Gasteiger partial charge in [-0.25, -0.2) is 0 Å². The molecule has 1 aliphatic heterocycles. The second kappa shape index (κ2) is 7.05. The van der Waals surface area contributed by atoms with Gasteiger partial charge in [0, 0.05) is 51.1 Å². The van der Waals surface area contributed by atoms with Gasteiger partial charge in [-0.2, -0.15) is 0 Å². The van der Waals surface area contributed by atoms with E-state index in [-0.39, 0.29) is 12.2 Å². The third kappa shape index (κ3) is 3.37. The van der Waals surface area contributed by atoms with Crippen LogP contribution < -0.4 is 5.32 Å². The van der Waals surface area contributed by atoms with Crippen molar-refractivity contribution >= 4 is 62.2 Å². The zero-order valence-corrected chi connectivity index (χ0v) is 16.8. The zero-order chi connectivity index (χ0) is 19.1. The van der Waals surface area contributed by atoms with E-state index >= 15 is 0 Å². The second-order valence-electron chi connectivity index (χ2n) is 6.74. The molecule has 3 N–H and O–H groups in total. The van der Waals surface area contributed by atoms with Gasteiger partial charge >= 0.3 is 5.97 Å². The van der Waals surface area contributed by atoms with Crippen molar-refractivity contribution < 1.29 is 14.7 Å². The Morgan fingerprint density at radius 1 is 1.33 bits per heavy atom. The van der Waals surface area contributed by atoms with E-state index in [1.807, 2.05) is 24.3 Å². The van der Waals surface area contributed by atoms with Crippen molar-refractivity contribution in [2.45, 2.75) is 32.1 Å². The molecule has 0 amide bonds. The Morgan fingerprint density at radius 3 is 2.93 bits per heavy atom.